The molecule has 0 amide bonds. The van der Waals surface area contributed by atoms with E-state index in [1.165, 1.54) is 38.5 Å². The molecule has 0 bridgehead atoms. The fourth-order valence-corrected chi connectivity index (χ4v) is 2.76. The van der Waals surface area contributed by atoms with Crippen LogP contribution in [0.5, 0.6) is 5.88 Å². The normalized spacial score (nSPS) is 16.3. The summed E-state index contributed by atoms with van der Waals surface area (Å²) >= 11 is 0. The molecule has 1 fully saturated rings. The quantitative estimate of drug-likeness (QED) is 0.852. The van der Waals surface area contributed by atoms with Gasteiger partial charge < -0.3 is 10.1 Å². The van der Waals surface area contributed by atoms with Crippen LogP contribution in [0.3, 0.4) is 0 Å². The molecule has 1 aliphatic rings. The van der Waals surface area contributed by atoms with Crippen molar-refractivity contribution in [1.29, 1.82) is 0 Å². The van der Waals surface area contributed by atoms with E-state index in [2.05, 4.69) is 15.3 Å². The van der Waals surface area contributed by atoms with Crippen LogP contribution in [0.1, 0.15) is 51.0 Å². The third-order valence-corrected chi connectivity index (χ3v) is 3.89. The minimum atomic E-state index is 0.638. The van der Waals surface area contributed by atoms with Gasteiger partial charge in [0.15, 0.2) is 0 Å². The summed E-state index contributed by atoms with van der Waals surface area (Å²) in [5.74, 6) is 2.50. The lowest BCUT2D eigenvalue weighted by Crippen LogP contribution is -2.13. The third-order valence-electron chi connectivity index (χ3n) is 3.89. The highest BCUT2D eigenvalue weighted by Gasteiger charge is 2.13. The Balaban J connectivity index is 1.83. The molecule has 0 radical (unpaired) electrons. The molecule has 1 saturated carbocycles. The van der Waals surface area contributed by atoms with Gasteiger partial charge in [0.2, 0.25) is 5.88 Å². The van der Waals surface area contributed by atoms with Crippen molar-refractivity contribution in [2.45, 2.75) is 52.4 Å². The number of aromatic nitrogens is 2. The van der Waals surface area contributed by atoms with Crippen molar-refractivity contribution < 1.29 is 4.74 Å². The van der Waals surface area contributed by atoms with E-state index < -0.39 is 0 Å². The SMILES string of the molecule is CCOc1ncnc(NCCC2CCCCC2)c1C. The Morgan fingerprint density at radius 2 is 2.05 bits per heavy atom. The van der Waals surface area contributed by atoms with Gasteiger partial charge in [-0.15, -0.1) is 0 Å². The van der Waals surface area contributed by atoms with Crippen molar-refractivity contribution >= 4 is 5.82 Å². The fraction of sp³-hybridized carbons (Fsp3) is 0.733. The van der Waals surface area contributed by atoms with Crippen molar-refractivity contribution in [3.63, 3.8) is 0 Å². The van der Waals surface area contributed by atoms with Gasteiger partial charge in [0.05, 0.1) is 12.2 Å². The smallest absolute Gasteiger partial charge is 0.221 e. The molecule has 1 aromatic heterocycles. The Morgan fingerprint density at radius 1 is 1.26 bits per heavy atom. The molecule has 19 heavy (non-hydrogen) atoms. The summed E-state index contributed by atoms with van der Waals surface area (Å²) < 4.78 is 5.48. The van der Waals surface area contributed by atoms with Crippen LogP contribution in [0, 0.1) is 12.8 Å². The molecule has 4 nitrogen and oxygen atoms in total. The highest BCUT2D eigenvalue weighted by Crippen LogP contribution is 2.26. The fourth-order valence-electron chi connectivity index (χ4n) is 2.76. The first kappa shape index (κ1) is 14.1. The second kappa shape index (κ2) is 7.31. The first-order valence-electron chi connectivity index (χ1n) is 7.49. The molecular formula is C15H25N3O. The summed E-state index contributed by atoms with van der Waals surface area (Å²) in [5, 5.41) is 3.43. The van der Waals surface area contributed by atoms with Crippen LogP contribution in [0.15, 0.2) is 6.33 Å². The van der Waals surface area contributed by atoms with E-state index in [9.17, 15) is 0 Å². The Morgan fingerprint density at radius 3 is 2.79 bits per heavy atom. The lowest BCUT2D eigenvalue weighted by molar-refractivity contribution is 0.323. The molecule has 1 N–H and O–H groups in total. The molecule has 1 heterocycles. The van der Waals surface area contributed by atoms with Crippen LogP contribution >= 0.6 is 0 Å². The Hall–Kier alpha value is -1.32. The largest absolute Gasteiger partial charge is 0.478 e. The first-order chi connectivity index (χ1) is 9.31. The monoisotopic (exact) mass is 263 g/mol. The maximum absolute atomic E-state index is 5.48. The van der Waals surface area contributed by atoms with Crippen LogP contribution in [0.4, 0.5) is 5.82 Å². The first-order valence-corrected chi connectivity index (χ1v) is 7.49. The molecule has 1 aliphatic carbocycles. The summed E-state index contributed by atoms with van der Waals surface area (Å²) in [5.41, 5.74) is 1.01. The maximum Gasteiger partial charge on any atom is 0.221 e. The summed E-state index contributed by atoms with van der Waals surface area (Å²) in [6, 6.07) is 0. The van der Waals surface area contributed by atoms with E-state index in [0.717, 1.165) is 23.8 Å². The topological polar surface area (TPSA) is 47.0 Å². The molecule has 106 valence electrons. The average Bonchev–Trinajstić information content (AvgIpc) is 2.44. The van der Waals surface area contributed by atoms with E-state index >= 15 is 0 Å². The van der Waals surface area contributed by atoms with Crippen molar-refractivity contribution in [3.8, 4) is 5.88 Å². The Bertz CT molecular complexity index is 389. The molecule has 0 unspecified atom stereocenters. The lowest BCUT2D eigenvalue weighted by atomic mass is 9.87. The van der Waals surface area contributed by atoms with Gasteiger partial charge in [0.1, 0.15) is 12.1 Å². The van der Waals surface area contributed by atoms with Gasteiger partial charge in [-0.3, -0.25) is 0 Å². The van der Waals surface area contributed by atoms with Crippen molar-refractivity contribution in [2.24, 2.45) is 5.92 Å². The zero-order valence-electron chi connectivity index (χ0n) is 12.1. The summed E-state index contributed by atoms with van der Waals surface area (Å²) in [4.78, 5) is 8.45. The van der Waals surface area contributed by atoms with Crippen molar-refractivity contribution in [1.82, 2.24) is 9.97 Å². The second-order valence-corrected chi connectivity index (χ2v) is 5.30. The molecule has 0 saturated heterocycles. The summed E-state index contributed by atoms with van der Waals surface area (Å²) in [7, 11) is 0. The van der Waals surface area contributed by atoms with Gasteiger partial charge in [-0.1, -0.05) is 32.1 Å². The lowest BCUT2D eigenvalue weighted by Gasteiger charge is -2.21. The molecule has 1 aromatic rings. The highest BCUT2D eigenvalue weighted by molar-refractivity contribution is 5.47. The van der Waals surface area contributed by atoms with Gasteiger partial charge in [0, 0.05) is 6.54 Å². The average molecular weight is 263 g/mol. The van der Waals surface area contributed by atoms with Gasteiger partial charge in [0.25, 0.3) is 0 Å². The van der Waals surface area contributed by atoms with E-state index in [-0.39, 0.29) is 0 Å². The molecule has 0 aromatic carbocycles. The van der Waals surface area contributed by atoms with Crippen LogP contribution in [0.2, 0.25) is 0 Å². The number of rotatable bonds is 6. The van der Waals surface area contributed by atoms with E-state index in [1.807, 2.05) is 13.8 Å². The summed E-state index contributed by atoms with van der Waals surface area (Å²) in [6.07, 6.45) is 9.85. The summed E-state index contributed by atoms with van der Waals surface area (Å²) in [6.45, 7) is 5.61. The van der Waals surface area contributed by atoms with Crippen LogP contribution in [-0.2, 0) is 0 Å². The highest BCUT2D eigenvalue weighted by atomic mass is 16.5. The molecular weight excluding hydrogens is 238 g/mol. The van der Waals surface area contributed by atoms with Gasteiger partial charge in [-0.05, 0) is 26.2 Å². The number of hydrogen-bond donors (Lipinski definition) is 1. The molecule has 4 heteroatoms. The van der Waals surface area contributed by atoms with E-state index in [1.54, 1.807) is 6.33 Å². The Labute approximate surface area is 116 Å². The van der Waals surface area contributed by atoms with Crippen LogP contribution in [-0.4, -0.2) is 23.1 Å². The zero-order valence-corrected chi connectivity index (χ0v) is 12.1. The molecule has 0 atom stereocenters. The minimum Gasteiger partial charge on any atom is -0.478 e. The molecule has 0 aliphatic heterocycles. The van der Waals surface area contributed by atoms with Crippen LogP contribution < -0.4 is 10.1 Å². The number of anilines is 1. The third kappa shape index (κ3) is 4.08. The number of nitrogens with one attached hydrogen (secondary N) is 1. The second-order valence-electron chi connectivity index (χ2n) is 5.30. The Kier molecular flexibility index (Phi) is 5.43. The van der Waals surface area contributed by atoms with Gasteiger partial charge >= 0.3 is 0 Å². The minimum absolute atomic E-state index is 0.638. The van der Waals surface area contributed by atoms with Crippen molar-refractivity contribution in [2.75, 3.05) is 18.5 Å². The van der Waals surface area contributed by atoms with Gasteiger partial charge in [-0.2, -0.15) is 0 Å². The molecule has 0 spiro atoms. The van der Waals surface area contributed by atoms with Crippen LogP contribution in [0.25, 0.3) is 0 Å². The number of ether oxygens (including phenoxy) is 1. The van der Waals surface area contributed by atoms with Crippen molar-refractivity contribution in [3.05, 3.63) is 11.9 Å². The standard InChI is InChI=1S/C15H25N3O/c1-3-19-15-12(2)14(17-11-18-15)16-10-9-13-7-5-4-6-8-13/h11,13H,3-10H2,1-2H3,(H,16,17,18). The number of nitrogens with zero attached hydrogens (tertiary/aromatic N) is 2. The zero-order chi connectivity index (χ0) is 13.5. The van der Waals surface area contributed by atoms with E-state index in [4.69, 9.17) is 4.74 Å². The number of hydrogen-bond acceptors (Lipinski definition) is 4. The van der Waals surface area contributed by atoms with E-state index in [0.29, 0.717) is 12.5 Å². The molecule has 2 rings (SSSR count). The predicted molar refractivity (Wildman–Crippen MR) is 77.6 cm³/mol. The maximum atomic E-state index is 5.48. The van der Waals surface area contributed by atoms with Gasteiger partial charge in [-0.25, -0.2) is 9.97 Å². The predicted octanol–water partition coefficient (Wildman–Crippen LogP) is 3.57.